The molecule has 0 saturated heterocycles. The fraction of sp³-hybridized carbons (Fsp3) is 0.333. The van der Waals surface area contributed by atoms with E-state index in [0.29, 0.717) is 3.57 Å². The first-order chi connectivity index (χ1) is 13.5. The number of sulfonamides is 1. The van der Waals surface area contributed by atoms with E-state index in [2.05, 4.69) is 5.32 Å². The number of halogens is 4. The second-order valence-electron chi connectivity index (χ2n) is 6.98. The van der Waals surface area contributed by atoms with Crippen molar-refractivity contribution >= 4 is 44.0 Å². The van der Waals surface area contributed by atoms with E-state index in [0.717, 1.165) is 6.07 Å². The lowest BCUT2D eigenvalue weighted by molar-refractivity contribution is 0.0853. The lowest BCUT2D eigenvalue weighted by atomic mass is 10.0. The molecule has 0 aliphatic heterocycles. The number of anilines is 2. The molecule has 5 N–H and O–H groups in total. The van der Waals surface area contributed by atoms with Gasteiger partial charge in [0, 0.05) is 9.49 Å². The van der Waals surface area contributed by atoms with Crippen molar-refractivity contribution in [2.24, 2.45) is 5.14 Å². The fourth-order valence-electron chi connectivity index (χ4n) is 3.51. The van der Waals surface area contributed by atoms with Crippen LogP contribution in [0.3, 0.4) is 0 Å². The number of aliphatic hydroxyl groups is 2. The lowest BCUT2D eigenvalue weighted by Gasteiger charge is -2.20. The Morgan fingerprint density at radius 1 is 1.24 bits per heavy atom. The summed E-state index contributed by atoms with van der Waals surface area (Å²) in [6.07, 6.45) is -1.78. The highest BCUT2D eigenvalue weighted by Gasteiger charge is 2.64. The molecule has 1 aliphatic carbocycles. The molecule has 29 heavy (non-hydrogen) atoms. The molecule has 2 aromatic carbocycles. The molecule has 2 aromatic rings. The molecule has 1 saturated carbocycles. The average molecular weight is 542 g/mol. The number of nitrogens with two attached hydrogens (primary N) is 1. The van der Waals surface area contributed by atoms with Gasteiger partial charge in [-0.1, -0.05) is 6.07 Å². The van der Waals surface area contributed by atoms with Crippen molar-refractivity contribution in [3.05, 3.63) is 56.9 Å². The van der Waals surface area contributed by atoms with Crippen LogP contribution >= 0.6 is 22.6 Å². The summed E-state index contributed by atoms with van der Waals surface area (Å²) in [5.74, 6) is -4.06. The Morgan fingerprint density at radius 3 is 2.52 bits per heavy atom. The Labute approximate surface area is 179 Å². The van der Waals surface area contributed by atoms with Crippen molar-refractivity contribution < 1.29 is 31.8 Å². The summed E-state index contributed by atoms with van der Waals surface area (Å²) in [5, 5.41) is 26.7. The van der Waals surface area contributed by atoms with Crippen LogP contribution in [-0.2, 0) is 10.0 Å². The number of benzene rings is 2. The third-order valence-electron chi connectivity index (χ3n) is 5.08. The van der Waals surface area contributed by atoms with Gasteiger partial charge in [-0.15, -0.1) is 0 Å². The Kier molecular flexibility index (Phi) is 6.16. The molecule has 11 heteroatoms. The van der Waals surface area contributed by atoms with Crippen LogP contribution in [0.1, 0.15) is 24.3 Å². The maximum absolute atomic E-state index is 14.6. The third-order valence-corrected chi connectivity index (χ3v) is 7.50. The molecular weight excluding hydrogens is 524 g/mol. The van der Waals surface area contributed by atoms with Crippen LogP contribution in [0.25, 0.3) is 0 Å². The monoisotopic (exact) mass is 542 g/mol. The van der Waals surface area contributed by atoms with Crippen LogP contribution in [0.5, 0.6) is 0 Å². The van der Waals surface area contributed by atoms with Gasteiger partial charge in [0.25, 0.3) is 0 Å². The van der Waals surface area contributed by atoms with Crippen molar-refractivity contribution in [1.29, 1.82) is 0 Å². The summed E-state index contributed by atoms with van der Waals surface area (Å²) in [4.78, 5) is 0. The molecule has 1 fully saturated rings. The van der Waals surface area contributed by atoms with Gasteiger partial charge < -0.3 is 15.5 Å². The van der Waals surface area contributed by atoms with E-state index in [9.17, 15) is 26.7 Å². The number of aliphatic hydroxyl groups excluding tert-OH is 2. The zero-order chi connectivity index (χ0) is 21.6. The van der Waals surface area contributed by atoms with Crippen LogP contribution in [0.15, 0.2) is 30.3 Å². The minimum atomic E-state index is -4.21. The molecule has 0 heterocycles. The van der Waals surface area contributed by atoms with Gasteiger partial charge in [0.2, 0.25) is 10.0 Å². The van der Waals surface area contributed by atoms with E-state index in [4.69, 9.17) is 10.2 Å². The van der Waals surface area contributed by atoms with Crippen LogP contribution in [0.4, 0.5) is 24.5 Å². The third kappa shape index (κ3) is 4.24. The van der Waals surface area contributed by atoms with Gasteiger partial charge in [-0.3, -0.25) is 0 Å². The Hall–Kier alpha value is -1.41. The maximum atomic E-state index is 14.6. The summed E-state index contributed by atoms with van der Waals surface area (Å²) in [7, 11) is -4.21. The van der Waals surface area contributed by atoms with E-state index in [1.807, 2.05) is 22.6 Å². The first-order valence-electron chi connectivity index (χ1n) is 8.51. The Balaban J connectivity index is 2.06. The number of rotatable bonds is 7. The van der Waals surface area contributed by atoms with Gasteiger partial charge in [0.15, 0.2) is 11.6 Å². The summed E-state index contributed by atoms with van der Waals surface area (Å²) in [5.41, 5.74) is -0.437. The first kappa shape index (κ1) is 22.3. The van der Waals surface area contributed by atoms with Gasteiger partial charge in [-0.25, -0.2) is 26.7 Å². The quantitative estimate of drug-likeness (QED) is 0.402. The summed E-state index contributed by atoms with van der Waals surface area (Å²) >= 11 is 1.89. The normalized spacial score (nSPS) is 22.4. The van der Waals surface area contributed by atoms with E-state index < -0.39 is 56.5 Å². The predicted molar refractivity (Wildman–Crippen MR) is 110 cm³/mol. The van der Waals surface area contributed by atoms with Crippen molar-refractivity contribution in [3.8, 4) is 0 Å². The van der Waals surface area contributed by atoms with E-state index in [1.165, 1.54) is 18.2 Å². The zero-order valence-corrected chi connectivity index (χ0v) is 17.8. The first-order valence-corrected chi connectivity index (χ1v) is 11.1. The van der Waals surface area contributed by atoms with Gasteiger partial charge in [-0.2, -0.15) is 0 Å². The fourth-order valence-corrected chi connectivity index (χ4v) is 5.31. The highest BCUT2D eigenvalue weighted by Crippen LogP contribution is 2.60. The molecule has 0 amide bonds. The van der Waals surface area contributed by atoms with E-state index in [-0.39, 0.29) is 24.1 Å². The molecule has 3 rings (SSSR count). The Bertz CT molecular complexity index is 1050. The number of hydrogen-bond donors (Lipinski definition) is 4. The maximum Gasteiger partial charge on any atom is 0.215 e. The summed E-state index contributed by atoms with van der Waals surface area (Å²) in [6, 6.07) is 6.15. The van der Waals surface area contributed by atoms with Crippen LogP contribution in [0, 0.1) is 21.0 Å². The van der Waals surface area contributed by atoms with E-state index >= 15 is 0 Å². The van der Waals surface area contributed by atoms with E-state index in [1.54, 1.807) is 6.07 Å². The van der Waals surface area contributed by atoms with Gasteiger partial charge in [-0.05, 0) is 65.3 Å². The highest BCUT2D eigenvalue weighted by atomic mass is 127. The second kappa shape index (κ2) is 8.02. The number of hydrogen-bond acceptors (Lipinski definition) is 5. The molecule has 0 aromatic heterocycles. The molecule has 158 valence electrons. The molecule has 0 spiro atoms. The topological polar surface area (TPSA) is 113 Å². The Morgan fingerprint density at radius 2 is 1.93 bits per heavy atom. The van der Waals surface area contributed by atoms with Crippen molar-refractivity contribution in [1.82, 2.24) is 0 Å². The minimum Gasteiger partial charge on any atom is -0.394 e. The molecule has 1 aliphatic rings. The van der Waals surface area contributed by atoms with Gasteiger partial charge in [0.1, 0.15) is 5.82 Å². The van der Waals surface area contributed by atoms with Crippen molar-refractivity contribution in [2.75, 3.05) is 11.9 Å². The summed E-state index contributed by atoms with van der Waals surface area (Å²) < 4.78 is 66.0. The number of primary sulfonamides is 1. The standard InChI is InChI=1S/C18H18F3IN2O4S/c19-13-3-2-11(12-7-18(12,29(23,27)28)6-10(26)8-25)17(16(13)21)24-15-4-1-9(22)5-14(15)20/h1-5,10,12,24-26H,6-8H2,(H2,23,27,28)/t10-,12-,18+/m1/s1. The smallest absolute Gasteiger partial charge is 0.215 e. The molecule has 0 radical (unpaired) electrons. The minimum absolute atomic E-state index is 0.0577. The van der Waals surface area contributed by atoms with Crippen LogP contribution in [-0.4, -0.2) is 36.1 Å². The molecule has 0 unspecified atom stereocenters. The molecule has 3 atom stereocenters. The number of nitrogens with one attached hydrogen (secondary N) is 1. The lowest BCUT2D eigenvalue weighted by Crippen LogP contribution is -2.36. The molecular formula is C18H18F3IN2O4S. The second-order valence-corrected chi connectivity index (χ2v) is 10.1. The zero-order valence-electron chi connectivity index (χ0n) is 14.9. The molecule has 6 nitrogen and oxygen atoms in total. The SMILES string of the molecule is NS(=O)(=O)[C@@]1(C[C@@H](O)CO)C[C@@H]1c1ccc(F)c(F)c1Nc1ccc(I)cc1F. The highest BCUT2D eigenvalue weighted by molar-refractivity contribution is 14.1. The largest absolute Gasteiger partial charge is 0.394 e. The van der Waals surface area contributed by atoms with Crippen molar-refractivity contribution in [2.45, 2.75) is 29.6 Å². The van der Waals surface area contributed by atoms with Crippen LogP contribution < -0.4 is 10.5 Å². The van der Waals surface area contributed by atoms with Gasteiger partial charge >= 0.3 is 0 Å². The summed E-state index contributed by atoms with van der Waals surface area (Å²) in [6.45, 7) is -0.680. The average Bonchev–Trinajstić information content (AvgIpc) is 3.36. The molecule has 0 bridgehead atoms. The van der Waals surface area contributed by atoms with Crippen LogP contribution in [0.2, 0.25) is 0 Å². The predicted octanol–water partition coefficient (Wildman–Crippen LogP) is 2.71. The van der Waals surface area contributed by atoms with Gasteiger partial charge in [0.05, 0.1) is 28.8 Å². The van der Waals surface area contributed by atoms with Crippen molar-refractivity contribution in [3.63, 3.8) is 0 Å².